The Bertz CT molecular complexity index is 714. The van der Waals surface area contributed by atoms with Crippen LogP contribution in [0.2, 0.25) is 0 Å². The number of benzene rings is 2. The number of nitrogens with one attached hydrogen (secondary N) is 1. The lowest BCUT2D eigenvalue weighted by Crippen LogP contribution is -2.30. The Morgan fingerprint density at radius 2 is 1.65 bits per heavy atom. The van der Waals surface area contributed by atoms with Crippen LogP contribution in [0.1, 0.15) is 22.7 Å². The molecule has 2 N–H and O–H groups in total. The maximum Gasteiger partial charge on any atom is 0.161 e. The van der Waals surface area contributed by atoms with Gasteiger partial charge in [0.25, 0.3) is 0 Å². The summed E-state index contributed by atoms with van der Waals surface area (Å²) in [5.41, 5.74) is 3.34. The maximum absolute atomic E-state index is 10.1. The highest BCUT2D eigenvalue weighted by atomic mass is 16.5. The molecule has 2 aromatic rings. The highest BCUT2D eigenvalue weighted by Crippen LogP contribution is 2.39. The normalized spacial score (nSPS) is 16.6. The molecule has 3 rings (SSSR count). The van der Waals surface area contributed by atoms with E-state index in [4.69, 9.17) is 14.2 Å². The molecule has 1 heterocycles. The average Bonchev–Trinajstić information content (AvgIpc) is 2.59. The van der Waals surface area contributed by atoms with Crippen LogP contribution in [0.5, 0.6) is 23.0 Å². The topological polar surface area (TPSA) is 60.0 Å². The van der Waals surface area contributed by atoms with Crippen molar-refractivity contribution in [2.75, 3.05) is 27.9 Å². The monoisotopic (exact) mass is 315 g/mol. The predicted octanol–water partition coefficient (Wildman–Crippen LogP) is 2.65. The number of ether oxygens (including phenoxy) is 3. The quantitative estimate of drug-likeness (QED) is 0.908. The lowest BCUT2D eigenvalue weighted by Gasteiger charge is -2.28. The molecule has 0 saturated heterocycles. The van der Waals surface area contributed by atoms with Crippen molar-refractivity contribution in [3.8, 4) is 23.0 Å². The summed E-state index contributed by atoms with van der Waals surface area (Å²) in [6, 6.07) is 9.51. The first kappa shape index (κ1) is 15.5. The van der Waals surface area contributed by atoms with Gasteiger partial charge in [0.15, 0.2) is 23.0 Å². The summed E-state index contributed by atoms with van der Waals surface area (Å²) in [4.78, 5) is 0. The van der Waals surface area contributed by atoms with Crippen LogP contribution in [0.25, 0.3) is 0 Å². The van der Waals surface area contributed by atoms with E-state index in [0.717, 1.165) is 29.8 Å². The van der Waals surface area contributed by atoms with Crippen molar-refractivity contribution in [1.82, 2.24) is 5.32 Å². The SMILES string of the molecule is COc1ccc([C@@H]2NCCc3cc(OC)c(OC)cc32)cc1O. The third kappa shape index (κ3) is 2.80. The van der Waals surface area contributed by atoms with E-state index >= 15 is 0 Å². The van der Waals surface area contributed by atoms with E-state index < -0.39 is 0 Å². The van der Waals surface area contributed by atoms with Gasteiger partial charge in [-0.3, -0.25) is 0 Å². The summed E-state index contributed by atoms with van der Waals surface area (Å²) in [5, 5.41) is 13.6. The van der Waals surface area contributed by atoms with Gasteiger partial charge >= 0.3 is 0 Å². The zero-order chi connectivity index (χ0) is 16.4. The zero-order valence-electron chi connectivity index (χ0n) is 13.6. The van der Waals surface area contributed by atoms with E-state index in [1.807, 2.05) is 18.2 Å². The Kier molecular flexibility index (Phi) is 4.30. The molecule has 1 atom stereocenters. The third-order valence-electron chi connectivity index (χ3n) is 4.24. The van der Waals surface area contributed by atoms with Crippen molar-refractivity contribution in [2.45, 2.75) is 12.5 Å². The largest absolute Gasteiger partial charge is 0.504 e. The van der Waals surface area contributed by atoms with Crippen LogP contribution in [0.15, 0.2) is 30.3 Å². The number of fused-ring (bicyclic) bond motifs is 1. The molecular weight excluding hydrogens is 294 g/mol. The van der Waals surface area contributed by atoms with Gasteiger partial charge in [0.2, 0.25) is 0 Å². The number of aromatic hydroxyl groups is 1. The summed E-state index contributed by atoms with van der Waals surface area (Å²) < 4.78 is 15.9. The second-order valence-corrected chi connectivity index (χ2v) is 5.47. The van der Waals surface area contributed by atoms with Gasteiger partial charge in [-0.2, -0.15) is 0 Å². The average molecular weight is 315 g/mol. The van der Waals surface area contributed by atoms with Crippen LogP contribution < -0.4 is 19.5 Å². The van der Waals surface area contributed by atoms with Crippen molar-refractivity contribution in [1.29, 1.82) is 0 Å². The van der Waals surface area contributed by atoms with Gasteiger partial charge in [-0.25, -0.2) is 0 Å². The summed E-state index contributed by atoms with van der Waals surface area (Å²) in [6.07, 6.45) is 0.925. The van der Waals surface area contributed by atoms with E-state index in [1.165, 1.54) is 5.56 Å². The Balaban J connectivity index is 2.05. The molecule has 1 aliphatic rings. The summed E-state index contributed by atoms with van der Waals surface area (Å²) in [6.45, 7) is 0.861. The minimum absolute atomic E-state index is 0.00429. The van der Waals surface area contributed by atoms with Gasteiger partial charge in [0.05, 0.1) is 27.4 Å². The lowest BCUT2D eigenvalue weighted by atomic mass is 9.89. The third-order valence-corrected chi connectivity index (χ3v) is 4.24. The van der Waals surface area contributed by atoms with Crippen LogP contribution in [0, 0.1) is 0 Å². The molecule has 0 fully saturated rings. The van der Waals surface area contributed by atoms with Crippen molar-refractivity contribution >= 4 is 0 Å². The maximum atomic E-state index is 10.1. The molecule has 0 unspecified atom stereocenters. The number of rotatable bonds is 4. The van der Waals surface area contributed by atoms with Gasteiger partial charge in [-0.05, 0) is 47.4 Å². The molecule has 2 aromatic carbocycles. The fraction of sp³-hybridized carbons (Fsp3) is 0.333. The summed E-state index contributed by atoms with van der Waals surface area (Å²) in [7, 11) is 4.82. The number of phenols is 1. The van der Waals surface area contributed by atoms with E-state index in [1.54, 1.807) is 33.5 Å². The molecule has 0 saturated carbocycles. The first-order chi connectivity index (χ1) is 11.2. The molecule has 0 spiro atoms. The lowest BCUT2D eigenvalue weighted by molar-refractivity contribution is 0.352. The van der Waals surface area contributed by atoms with Gasteiger partial charge in [0.1, 0.15) is 0 Å². The van der Waals surface area contributed by atoms with Crippen LogP contribution in [-0.2, 0) is 6.42 Å². The van der Waals surface area contributed by atoms with Crippen molar-refractivity contribution in [3.05, 3.63) is 47.0 Å². The predicted molar refractivity (Wildman–Crippen MR) is 87.8 cm³/mol. The highest BCUT2D eigenvalue weighted by Gasteiger charge is 2.24. The van der Waals surface area contributed by atoms with E-state index in [0.29, 0.717) is 11.5 Å². The van der Waals surface area contributed by atoms with Gasteiger partial charge in [0, 0.05) is 6.54 Å². The minimum Gasteiger partial charge on any atom is -0.504 e. The Hall–Kier alpha value is -2.40. The van der Waals surface area contributed by atoms with Gasteiger partial charge < -0.3 is 24.6 Å². The van der Waals surface area contributed by atoms with E-state index in [2.05, 4.69) is 5.32 Å². The second kappa shape index (κ2) is 6.38. The highest BCUT2D eigenvalue weighted by molar-refractivity contribution is 5.53. The van der Waals surface area contributed by atoms with Crippen molar-refractivity contribution < 1.29 is 19.3 Å². The summed E-state index contributed by atoms with van der Waals surface area (Å²) >= 11 is 0. The van der Waals surface area contributed by atoms with Crippen LogP contribution >= 0.6 is 0 Å². The Labute approximate surface area is 135 Å². The first-order valence-corrected chi connectivity index (χ1v) is 7.53. The van der Waals surface area contributed by atoms with Crippen LogP contribution in [0.3, 0.4) is 0 Å². The van der Waals surface area contributed by atoms with Crippen molar-refractivity contribution in [3.63, 3.8) is 0 Å². The Morgan fingerprint density at radius 1 is 0.957 bits per heavy atom. The molecule has 0 aromatic heterocycles. The van der Waals surface area contributed by atoms with Crippen LogP contribution in [-0.4, -0.2) is 33.0 Å². The van der Waals surface area contributed by atoms with Crippen molar-refractivity contribution in [2.24, 2.45) is 0 Å². The standard InChI is InChI=1S/C18H21NO4/c1-21-15-5-4-12(8-14(15)20)18-13-10-17(23-3)16(22-2)9-11(13)6-7-19-18/h4-5,8-10,18-20H,6-7H2,1-3H3/t18-/m0/s1. The molecule has 0 amide bonds. The molecule has 23 heavy (non-hydrogen) atoms. The molecule has 0 radical (unpaired) electrons. The fourth-order valence-electron chi connectivity index (χ4n) is 3.07. The molecule has 5 heteroatoms. The molecule has 122 valence electrons. The number of hydrogen-bond acceptors (Lipinski definition) is 5. The summed E-state index contributed by atoms with van der Waals surface area (Å²) in [5.74, 6) is 2.05. The minimum atomic E-state index is -0.00429. The Morgan fingerprint density at radius 3 is 2.30 bits per heavy atom. The molecule has 0 bridgehead atoms. The first-order valence-electron chi connectivity index (χ1n) is 7.53. The smallest absolute Gasteiger partial charge is 0.161 e. The molecule has 0 aliphatic carbocycles. The number of hydrogen-bond donors (Lipinski definition) is 2. The molecular formula is C18H21NO4. The van der Waals surface area contributed by atoms with E-state index in [-0.39, 0.29) is 11.8 Å². The zero-order valence-corrected chi connectivity index (χ0v) is 13.6. The van der Waals surface area contributed by atoms with Gasteiger partial charge in [-0.15, -0.1) is 0 Å². The number of phenolic OH excluding ortho intramolecular Hbond substituents is 1. The van der Waals surface area contributed by atoms with Crippen LogP contribution in [0.4, 0.5) is 0 Å². The second-order valence-electron chi connectivity index (χ2n) is 5.47. The molecule has 1 aliphatic heterocycles. The fourth-order valence-corrected chi connectivity index (χ4v) is 3.07. The molecule has 5 nitrogen and oxygen atoms in total. The van der Waals surface area contributed by atoms with Gasteiger partial charge in [-0.1, -0.05) is 6.07 Å². The van der Waals surface area contributed by atoms with E-state index in [9.17, 15) is 5.11 Å². The number of methoxy groups -OCH3 is 3.